The van der Waals surface area contributed by atoms with Crippen LogP contribution in [0, 0.1) is 11.8 Å². The molecule has 2 aliphatic heterocycles. The van der Waals surface area contributed by atoms with Gasteiger partial charge in [0.15, 0.2) is 0 Å². The van der Waals surface area contributed by atoms with E-state index in [2.05, 4.69) is 11.8 Å². The number of carbonyl (C=O) groups is 1. The van der Waals surface area contributed by atoms with E-state index >= 15 is 0 Å². The van der Waals surface area contributed by atoms with Crippen LogP contribution >= 0.6 is 0 Å². The fourth-order valence-corrected chi connectivity index (χ4v) is 5.03. The number of primary sulfonamides is 1. The largest absolute Gasteiger partial charge is 0.463 e. The maximum absolute atomic E-state index is 12.4. The molecule has 0 radical (unpaired) electrons. The minimum absolute atomic E-state index is 0.0430. The summed E-state index contributed by atoms with van der Waals surface area (Å²) >= 11 is 0. The third kappa shape index (κ3) is 8.44. The number of ether oxygens (including phenoxy) is 4. The summed E-state index contributed by atoms with van der Waals surface area (Å²) in [6, 6.07) is 12.1. The molecule has 2 heterocycles. The van der Waals surface area contributed by atoms with E-state index in [1.165, 1.54) is 12.1 Å². The number of benzene rings is 2. The summed E-state index contributed by atoms with van der Waals surface area (Å²) in [5.74, 6) is 5.95. The number of rotatable bonds is 11. The Bertz CT molecular complexity index is 1330. The first-order valence-corrected chi connectivity index (χ1v) is 14.8. The van der Waals surface area contributed by atoms with E-state index in [1.54, 1.807) is 17.0 Å². The second-order valence-corrected chi connectivity index (χ2v) is 11.7. The van der Waals surface area contributed by atoms with Crippen molar-refractivity contribution in [1.82, 2.24) is 4.90 Å². The standard InChI is InChI=1S/C29H36N2O7S/c1-29(2)36-21-24-19-23(13-14-26(24)38-29)27-20-31(28(32)37-27)15-6-4-3-5-7-16-35-17-9-11-22-10-8-12-25(18-22)39(30,33)34/h8,10,12-14,18-19,27H,3-7,15-17,20-21H2,1-2H3,(H2,30,33,34). The molecule has 0 bridgehead atoms. The van der Waals surface area contributed by atoms with E-state index < -0.39 is 15.8 Å². The highest BCUT2D eigenvalue weighted by atomic mass is 32.2. The molecule has 2 N–H and O–H groups in total. The van der Waals surface area contributed by atoms with E-state index in [-0.39, 0.29) is 23.7 Å². The number of cyclic esters (lactones) is 1. The third-order valence-corrected chi connectivity index (χ3v) is 7.47. The van der Waals surface area contributed by atoms with E-state index in [1.807, 2.05) is 32.0 Å². The van der Waals surface area contributed by atoms with Gasteiger partial charge in [0.1, 0.15) is 18.5 Å². The molecule has 2 aliphatic rings. The Hall–Kier alpha value is -3.10. The van der Waals surface area contributed by atoms with Gasteiger partial charge in [0, 0.05) is 38.1 Å². The first-order chi connectivity index (χ1) is 18.6. The van der Waals surface area contributed by atoms with Crippen LogP contribution in [-0.2, 0) is 30.8 Å². The fraction of sp³-hybridized carbons (Fsp3) is 0.483. The molecular weight excluding hydrogens is 520 g/mol. The molecule has 1 amide bonds. The van der Waals surface area contributed by atoms with Crippen LogP contribution in [0.25, 0.3) is 0 Å². The average molecular weight is 557 g/mol. The topological polar surface area (TPSA) is 117 Å². The Kier molecular flexibility index (Phi) is 9.51. The Morgan fingerprint density at radius 3 is 2.72 bits per heavy atom. The zero-order valence-electron chi connectivity index (χ0n) is 22.5. The van der Waals surface area contributed by atoms with Crippen molar-refractivity contribution in [2.24, 2.45) is 5.14 Å². The number of hydrogen-bond acceptors (Lipinski definition) is 7. The van der Waals surface area contributed by atoms with Crippen LogP contribution in [0.1, 0.15) is 68.7 Å². The summed E-state index contributed by atoms with van der Waals surface area (Å²) in [4.78, 5) is 14.2. The van der Waals surface area contributed by atoms with Gasteiger partial charge in [-0.15, -0.1) is 0 Å². The van der Waals surface area contributed by atoms with Gasteiger partial charge in [-0.3, -0.25) is 0 Å². The zero-order valence-corrected chi connectivity index (χ0v) is 23.3. The fourth-order valence-electron chi connectivity index (χ4n) is 4.47. The molecule has 39 heavy (non-hydrogen) atoms. The van der Waals surface area contributed by atoms with Crippen LogP contribution in [0.5, 0.6) is 5.75 Å². The Morgan fingerprint density at radius 1 is 1.10 bits per heavy atom. The summed E-state index contributed by atoms with van der Waals surface area (Å²) in [5.41, 5.74) is 2.50. The summed E-state index contributed by atoms with van der Waals surface area (Å²) in [6.07, 6.45) is 4.42. The number of fused-ring (bicyclic) bond motifs is 1. The second kappa shape index (κ2) is 12.8. The predicted octanol–water partition coefficient (Wildman–Crippen LogP) is 4.49. The number of nitrogens with zero attached hydrogens (tertiary/aromatic N) is 1. The van der Waals surface area contributed by atoms with Crippen molar-refractivity contribution in [2.45, 2.75) is 69.3 Å². The quantitative estimate of drug-likeness (QED) is 0.320. The summed E-state index contributed by atoms with van der Waals surface area (Å²) in [5, 5.41) is 5.14. The van der Waals surface area contributed by atoms with E-state index in [9.17, 15) is 13.2 Å². The first kappa shape index (κ1) is 28.9. The van der Waals surface area contributed by atoms with Crippen LogP contribution in [0.3, 0.4) is 0 Å². The molecule has 0 spiro atoms. The van der Waals surface area contributed by atoms with Crippen LogP contribution < -0.4 is 9.88 Å². The molecule has 0 aromatic heterocycles. The number of amides is 1. The van der Waals surface area contributed by atoms with Gasteiger partial charge in [0.25, 0.3) is 0 Å². The van der Waals surface area contributed by atoms with Crippen LogP contribution in [0.15, 0.2) is 47.4 Å². The highest BCUT2D eigenvalue weighted by Gasteiger charge is 2.33. The minimum Gasteiger partial charge on any atom is -0.463 e. The zero-order chi connectivity index (χ0) is 27.9. The van der Waals surface area contributed by atoms with Gasteiger partial charge in [-0.25, -0.2) is 18.4 Å². The normalized spacial score (nSPS) is 18.1. The van der Waals surface area contributed by atoms with Gasteiger partial charge in [-0.05, 0) is 48.7 Å². The molecule has 10 heteroatoms. The number of hydrogen-bond donors (Lipinski definition) is 1. The van der Waals surface area contributed by atoms with Gasteiger partial charge in [0.2, 0.25) is 15.8 Å². The molecular formula is C29H36N2O7S. The van der Waals surface area contributed by atoms with Crippen molar-refractivity contribution < 1.29 is 32.2 Å². The predicted molar refractivity (Wildman–Crippen MR) is 145 cm³/mol. The molecule has 0 saturated carbocycles. The van der Waals surface area contributed by atoms with Gasteiger partial charge in [0.05, 0.1) is 18.0 Å². The molecule has 2 aromatic carbocycles. The molecule has 1 saturated heterocycles. The van der Waals surface area contributed by atoms with Crippen molar-refractivity contribution in [3.8, 4) is 17.6 Å². The van der Waals surface area contributed by atoms with Crippen molar-refractivity contribution in [3.63, 3.8) is 0 Å². The monoisotopic (exact) mass is 556 g/mol. The second-order valence-electron chi connectivity index (χ2n) is 10.2. The highest BCUT2D eigenvalue weighted by Crippen LogP contribution is 2.35. The summed E-state index contributed by atoms with van der Waals surface area (Å²) in [7, 11) is -3.74. The summed E-state index contributed by atoms with van der Waals surface area (Å²) in [6.45, 7) is 6.36. The summed E-state index contributed by atoms with van der Waals surface area (Å²) < 4.78 is 45.6. The molecule has 1 unspecified atom stereocenters. The van der Waals surface area contributed by atoms with Gasteiger partial charge in [-0.2, -0.15) is 0 Å². The molecule has 9 nitrogen and oxygen atoms in total. The van der Waals surface area contributed by atoms with Crippen LogP contribution in [0.4, 0.5) is 4.79 Å². The first-order valence-electron chi connectivity index (χ1n) is 13.2. The van der Waals surface area contributed by atoms with Crippen molar-refractivity contribution >= 4 is 16.1 Å². The number of sulfonamides is 1. The maximum atomic E-state index is 12.4. The molecule has 2 aromatic rings. The van der Waals surface area contributed by atoms with E-state index in [4.69, 9.17) is 24.1 Å². The van der Waals surface area contributed by atoms with E-state index in [0.717, 1.165) is 49.0 Å². The molecule has 4 rings (SSSR count). The number of unbranched alkanes of at least 4 members (excludes halogenated alkanes) is 4. The molecule has 1 fully saturated rings. The lowest BCUT2D eigenvalue weighted by molar-refractivity contribution is -0.180. The number of carbonyl (C=O) groups excluding carboxylic acids is 1. The smallest absolute Gasteiger partial charge is 0.410 e. The third-order valence-electron chi connectivity index (χ3n) is 6.56. The van der Waals surface area contributed by atoms with Crippen LogP contribution in [-0.4, -0.2) is 51.5 Å². The SMILES string of the molecule is CC1(C)OCc2cc(C3CN(CCCCCCCOCC#Cc4cccc(S(N)(=O)=O)c4)C(=O)O3)ccc2O1. The van der Waals surface area contributed by atoms with Gasteiger partial charge >= 0.3 is 6.09 Å². The lowest BCUT2D eigenvalue weighted by atomic mass is 10.0. The van der Waals surface area contributed by atoms with Crippen LogP contribution in [0.2, 0.25) is 0 Å². The highest BCUT2D eigenvalue weighted by molar-refractivity contribution is 7.89. The molecule has 0 aliphatic carbocycles. The van der Waals surface area contributed by atoms with Crippen molar-refractivity contribution in [1.29, 1.82) is 0 Å². The Morgan fingerprint density at radius 2 is 1.90 bits per heavy atom. The Balaban J connectivity index is 1.07. The minimum atomic E-state index is -3.74. The average Bonchev–Trinajstić information content (AvgIpc) is 3.26. The molecule has 1 atom stereocenters. The van der Waals surface area contributed by atoms with Gasteiger partial charge in [-0.1, -0.05) is 43.2 Å². The Labute approximate surface area is 230 Å². The molecule has 210 valence electrons. The van der Waals surface area contributed by atoms with Crippen molar-refractivity contribution in [3.05, 3.63) is 59.2 Å². The van der Waals surface area contributed by atoms with Crippen molar-refractivity contribution in [2.75, 3.05) is 26.3 Å². The lowest BCUT2D eigenvalue weighted by Crippen LogP contribution is -2.35. The lowest BCUT2D eigenvalue weighted by Gasteiger charge is -2.32. The van der Waals surface area contributed by atoms with Gasteiger partial charge < -0.3 is 23.8 Å². The number of nitrogens with two attached hydrogens (primary N) is 1. The van der Waals surface area contributed by atoms with E-state index in [0.29, 0.717) is 31.9 Å². The maximum Gasteiger partial charge on any atom is 0.410 e.